The number of carbonyl (C=O) groups is 3. The van der Waals surface area contributed by atoms with Crippen LogP contribution >= 0.6 is 0 Å². The number of amides is 2. The summed E-state index contributed by atoms with van der Waals surface area (Å²) in [6, 6.07) is 6.13. The number of carboxylic acid groups (broad SMARTS) is 1. The van der Waals surface area contributed by atoms with E-state index in [-0.39, 0.29) is 11.4 Å². The number of rotatable bonds is 8. The Labute approximate surface area is 227 Å². The predicted octanol–water partition coefficient (Wildman–Crippen LogP) is 6.13. The lowest BCUT2D eigenvalue weighted by atomic mass is 9.95. The number of benzene rings is 1. The van der Waals surface area contributed by atoms with Gasteiger partial charge < -0.3 is 19.9 Å². The van der Waals surface area contributed by atoms with Gasteiger partial charge in [-0.05, 0) is 76.6 Å². The second kappa shape index (κ2) is 11.0. The molecule has 2 amide bonds. The summed E-state index contributed by atoms with van der Waals surface area (Å²) >= 11 is 0. The van der Waals surface area contributed by atoms with Crippen LogP contribution in [-0.2, 0) is 20.7 Å². The van der Waals surface area contributed by atoms with Crippen molar-refractivity contribution in [3.63, 3.8) is 0 Å². The van der Waals surface area contributed by atoms with Crippen molar-refractivity contribution in [2.24, 2.45) is 0 Å². The third-order valence-electron chi connectivity index (χ3n) is 6.62. The molecule has 1 aromatic heterocycles. The molecule has 2 aliphatic rings. The number of hydrogen-bond donors (Lipinski definition) is 2. The average Bonchev–Trinajstić information content (AvgIpc) is 3.60. The number of allylic oxidation sites excluding steroid dienone is 1. The van der Waals surface area contributed by atoms with Crippen molar-refractivity contribution >= 4 is 30.0 Å². The maximum Gasteiger partial charge on any atom is 0.425 e. The Morgan fingerprint density at radius 3 is 2.49 bits per heavy atom. The van der Waals surface area contributed by atoms with Gasteiger partial charge in [0.15, 0.2) is 11.9 Å². The number of carboxylic acids is 1. The van der Waals surface area contributed by atoms with Crippen molar-refractivity contribution in [2.45, 2.75) is 83.5 Å². The highest BCUT2D eigenvalue weighted by atomic mass is 19.1. The van der Waals surface area contributed by atoms with Crippen molar-refractivity contribution in [3.8, 4) is 0 Å². The molecule has 0 saturated heterocycles. The molecule has 2 N–H and O–H groups in total. The highest BCUT2D eigenvalue weighted by Gasteiger charge is 2.48. The van der Waals surface area contributed by atoms with Gasteiger partial charge in [-0.2, -0.15) is 4.90 Å². The SMILES string of the molecule is CCCC1(OC(=O)N(C(=O)OC(C)(C)C)c2nccc3c2CCC(NC(C(=O)O)c2ccccc2F)=C3)CC1. The Morgan fingerprint density at radius 2 is 1.87 bits per heavy atom. The van der Waals surface area contributed by atoms with E-state index in [9.17, 15) is 23.9 Å². The molecule has 1 unspecified atom stereocenters. The Kier molecular flexibility index (Phi) is 7.94. The van der Waals surface area contributed by atoms with E-state index in [0.29, 0.717) is 36.1 Å². The van der Waals surface area contributed by atoms with Gasteiger partial charge in [0, 0.05) is 23.0 Å². The van der Waals surface area contributed by atoms with E-state index in [4.69, 9.17) is 9.47 Å². The van der Waals surface area contributed by atoms with Crippen LogP contribution in [0.25, 0.3) is 6.08 Å². The number of aromatic nitrogens is 1. The molecule has 0 bridgehead atoms. The largest absolute Gasteiger partial charge is 0.479 e. The summed E-state index contributed by atoms with van der Waals surface area (Å²) in [5.41, 5.74) is 0.414. The van der Waals surface area contributed by atoms with Gasteiger partial charge in [-0.3, -0.25) is 0 Å². The average molecular weight is 540 g/mol. The molecule has 0 spiro atoms. The van der Waals surface area contributed by atoms with Crippen LogP contribution in [0, 0.1) is 5.82 Å². The van der Waals surface area contributed by atoms with E-state index in [2.05, 4.69) is 10.3 Å². The van der Waals surface area contributed by atoms with Crippen molar-refractivity contribution < 1.29 is 33.4 Å². The van der Waals surface area contributed by atoms with Gasteiger partial charge >= 0.3 is 18.2 Å². The Morgan fingerprint density at radius 1 is 1.15 bits per heavy atom. The summed E-state index contributed by atoms with van der Waals surface area (Å²) in [4.78, 5) is 43.8. The molecule has 2 aromatic rings. The van der Waals surface area contributed by atoms with Crippen molar-refractivity contribution in [2.75, 3.05) is 4.90 Å². The second-order valence-electron chi connectivity index (χ2n) is 10.9. The quantitative estimate of drug-likeness (QED) is 0.411. The smallest absolute Gasteiger partial charge is 0.425 e. The van der Waals surface area contributed by atoms with E-state index < -0.39 is 41.2 Å². The Hall–Kier alpha value is -3.95. The van der Waals surface area contributed by atoms with Crippen molar-refractivity contribution in [1.82, 2.24) is 10.3 Å². The van der Waals surface area contributed by atoms with E-state index in [1.807, 2.05) is 6.92 Å². The Balaban J connectivity index is 1.66. The number of ether oxygens (including phenoxy) is 2. The molecule has 0 radical (unpaired) electrons. The van der Waals surface area contributed by atoms with E-state index in [0.717, 1.165) is 24.2 Å². The van der Waals surface area contributed by atoms with Crippen LogP contribution in [0.4, 0.5) is 19.8 Å². The molecular weight excluding hydrogens is 505 g/mol. The standard InChI is InChI=1S/C29H34FN3O6/c1-5-13-29(14-15-29)39-27(37)33(26(36)38-28(2,3)4)24-20-11-10-19(17-18(20)12-16-31-24)32-23(25(34)35)21-8-6-7-9-22(21)30/h6-9,12,16-17,23,32H,5,10-11,13-15H2,1-4H3,(H,34,35). The third kappa shape index (κ3) is 6.55. The molecular formula is C29H34FN3O6. The summed E-state index contributed by atoms with van der Waals surface area (Å²) in [7, 11) is 0. The summed E-state index contributed by atoms with van der Waals surface area (Å²) in [6.07, 6.45) is 5.15. The first-order chi connectivity index (χ1) is 18.4. The van der Waals surface area contributed by atoms with Crippen LogP contribution in [0.15, 0.2) is 42.2 Å². The fraction of sp³-hybridized carbons (Fsp3) is 0.448. The maximum absolute atomic E-state index is 14.3. The van der Waals surface area contributed by atoms with Gasteiger partial charge in [-0.1, -0.05) is 31.5 Å². The van der Waals surface area contributed by atoms with Crippen LogP contribution in [0.1, 0.15) is 82.5 Å². The number of imide groups is 1. The van der Waals surface area contributed by atoms with Crippen LogP contribution in [0.3, 0.4) is 0 Å². The van der Waals surface area contributed by atoms with Crippen LogP contribution in [0.5, 0.6) is 0 Å². The minimum Gasteiger partial charge on any atom is -0.479 e. The van der Waals surface area contributed by atoms with Gasteiger partial charge in [-0.25, -0.2) is 23.8 Å². The number of halogens is 1. The molecule has 39 heavy (non-hydrogen) atoms. The molecule has 4 rings (SSSR count). The number of hydrogen-bond acceptors (Lipinski definition) is 7. The zero-order chi connectivity index (χ0) is 28.4. The van der Waals surface area contributed by atoms with E-state index >= 15 is 0 Å². The lowest BCUT2D eigenvalue weighted by molar-refractivity contribution is -0.139. The minimum absolute atomic E-state index is 0.0204. The van der Waals surface area contributed by atoms with E-state index in [1.54, 1.807) is 39.0 Å². The zero-order valence-electron chi connectivity index (χ0n) is 22.6. The fourth-order valence-electron chi connectivity index (χ4n) is 4.66. The lowest BCUT2D eigenvalue weighted by Gasteiger charge is -2.29. The minimum atomic E-state index is -1.29. The lowest BCUT2D eigenvalue weighted by Crippen LogP contribution is -2.44. The molecule has 208 valence electrons. The normalized spacial score (nSPS) is 16.3. The summed E-state index contributed by atoms with van der Waals surface area (Å²) in [5.74, 6) is -1.73. The Bertz CT molecular complexity index is 1300. The number of carbonyl (C=O) groups excluding carboxylic acids is 2. The molecule has 10 heteroatoms. The molecule has 0 aliphatic heterocycles. The highest BCUT2D eigenvalue weighted by Crippen LogP contribution is 2.44. The number of pyridine rings is 1. The zero-order valence-corrected chi connectivity index (χ0v) is 22.6. The van der Waals surface area contributed by atoms with Crippen LogP contribution in [-0.4, -0.2) is 39.4 Å². The molecule has 9 nitrogen and oxygen atoms in total. The van der Waals surface area contributed by atoms with Gasteiger partial charge in [-0.15, -0.1) is 0 Å². The van der Waals surface area contributed by atoms with Crippen molar-refractivity contribution in [3.05, 3.63) is 64.7 Å². The molecule has 1 atom stereocenters. The molecule has 2 aliphatic carbocycles. The van der Waals surface area contributed by atoms with Gasteiger partial charge in [0.1, 0.15) is 17.0 Å². The van der Waals surface area contributed by atoms with Gasteiger partial charge in [0.25, 0.3) is 0 Å². The van der Waals surface area contributed by atoms with Crippen molar-refractivity contribution in [1.29, 1.82) is 0 Å². The van der Waals surface area contributed by atoms with E-state index in [1.165, 1.54) is 24.4 Å². The summed E-state index contributed by atoms with van der Waals surface area (Å²) < 4.78 is 25.7. The molecule has 1 aromatic carbocycles. The second-order valence-corrected chi connectivity index (χ2v) is 10.9. The number of nitrogens with one attached hydrogen (secondary N) is 1. The monoisotopic (exact) mass is 539 g/mol. The summed E-state index contributed by atoms with van der Waals surface area (Å²) in [5, 5.41) is 12.7. The highest BCUT2D eigenvalue weighted by molar-refractivity contribution is 6.09. The first-order valence-corrected chi connectivity index (χ1v) is 13.1. The molecule has 1 saturated carbocycles. The van der Waals surface area contributed by atoms with Gasteiger partial charge in [0.2, 0.25) is 0 Å². The number of anilines is 1. The first kappa shape index (κ1) is 28.1. The third-order valence-corrected chi connectivity index (χ3v) is 6.62. The number of nitrogens with zero attached hydrogens (tertiary/aromatic N) is 2. The topological polar surface area (TPSA) is 118 Å². The van der Waals surface area contributed by atoms with Crippen LogP contribution in [0.2, 0.25) is 0 Å². The summed E-state index contributed by atoms with van der Waals surface area (Å²) in [6.45, 7) is 7.12. The fourth-order valence-corrected chi connectivity index (χ4v) is 4.66. The molecule has 1 heterocycles. The van der Waals surface area contributed by atoms with Gasteiger partial charge in [0.05, 0.1) is 0 Å². The predicted molar refractivity (Wildman–Crippen MR) is 143 cm³/mol. The maximum atomic E-state index is 14.3. The molecule has 1 fully saturated rings. The first-order valence-electron chi connectivity index (χ1n) is 13.1. The number of fused-ring (bicyclic) bond motifs is 1. The van der Waals surface area contributed by atoms with Crippen LogP contribution < -0.4 is 10.2 Å². The number of aliphatic carboxylic acids is 1.